The summed E-state index contributed by atoms with van der Waals surface area (Å²) >= 11 is 0. The summed E-state index contributed by atoms with van der Waals surface area (Å²) in [6, 6.07) is 6.24. The van der Waals surface area contributed by atoms with Gasteiger partial charge in [-0.05, 0) is 31.0 Å². The fourth-order valence-corrected chi connectivity index (χ4v) is 2.28. The first-order valence-corrected chi connectivity index (χ1v) is 7.08. The highest BCUT2D eigenvalue weighted by Gasteiger charge is 2.09. The molecule has 0 fully saturated rings. The van der Waals surface area contributed by atoms with Gasteiger partial charge in [-0.25, -0.2) is 4.98 Å². The number of hydrogen-bond donors (Lipinski definition) is 2. The average Bonchev–Trinajstić information content (AvgIpc) is 2.73. The van der Waals surface area contributed by atoms with Gasteiger partial charge in [0, 0.05) is 13.1 Å². The third-order valence-corrected chi connectivity index (χ3v) is 3.29. The second kappa shape index (κ2) is 6.57. The van der Waals surface area contributed by atoms with Crippen LogP contribution in [0.15, 0.2) is 18.2 Å². The number of aliphatic hydroxyl groups excluding tert-OH is 1. The van der Waals surface area contributed by atoms with Crippen LogP contribution in [0.1, 0.15) is 31.7 Å². The van der Waals surface area contributed by atoms with Crippen LogP contribution in [0.2, 0.25) is 0 Å². The number of hydrogen-bond acceptors (Lipinski definition) is 3. The monoisotopic (exact) mass is 261 g/mol. The quantitative estimate of drug-likeness (QED) is 0.753. The molecular weight excluding hydrogens is 238 g/mol. The first-order chi connectivity index (χ1) is 9.26. The molecule has 0 spiro atoms. The highest BCUT2D eigenvalue weighted by Crippen LogP contribution is 2.20. The minimum atomic E-state index is 0.128. The Labute approximate surface area is 114 Å². The van der Waals surface area contributed by atoms with E-state index in [0.717, 1.165) is 29.9 Å². The Kier molecular flexibility index (Phi) is 4.80. The van der Waals surface area contributed by atoms with E-state index in [1.54, 1.807) is 0 Å². The van der Waals surface area contributed by atoms with Crippen LogP contribution in [0.5, 0.6) is 0 Å². The molecule has 0 aliphatic carbocycles. The highest BCUT2D eigenvalue weighted by molar-refractivity contribution is 5.79. The lowest BCUT2D eigenvalue weighted by molar-refractivity contribution is 0.278. The molecule has 0 radical (unpaired) electrons. The molecule has 0 saturated heterocycles. The Morgan fingerprint density at radius 1 is 1.32 bits per heavy atom. The van der Waals surface area contributed by atoms with Crippen molar-refractivity contribution in [3.63, 3.8) is 0 Å². The molecule has 104 valence electrons. The number of fused-ring (bicyclic) bond motifs is 1. The predicted molar refractivity (Wildman–Crippen MR) is 79.6 cm³/mol. The maximum atomic E-state index is 9.21. The number of anilines is 1. The summed E-state index contributed by atoms with van der Waals surface area (Å²) in [6.07, 6.45) is 3.60. The number of imidazole rings is 1. The Hall–Kier alpha value is -1.55. The number of aryl methyl sites for hydroxylation is 1. The van der Waals surface area contributed by atoms with Crippen LogP contribution >= 0.6 is 0 Å². The number of rotatable bonds is 7. The van der Waals surface area contributed by atoms with Crippen LogP contribution in [-0.2, 0) is 6.54 Å². The third-order valence-electron chi connectivity index (χ3n) is 3.29. The molecule has 1 aromatic carbocycles. The molecule has 2 aromatic rings. The lowest BCUT2D eigenvalue weighted by Crippen LogP contribution is -2.10. The summed E-state index contributed by atoms with van der Waals surface area (Å²) < 4.78 is 2.06. The number of unbranched alkanes of at least 4 members (excludes halogenated alkanes) is 2. The van der Waals surface area contributed by atoms with Gasteiger partial charge in [-0.15, -0.1) is 0 Å². The van der Waals surface area contributed by atoms with Crippen LogP contribution in [0.4, 0.5) is 5.95 Å². The number of benzene rings is 1. The van der Waals surface area contributed by atoms with E-state index in [2.05, 4.69) is 46.9 Å². The van der Waals surface area contributed by atoms with Gasteiger partial charge in [-0.2, -0.15) is 0 Å². The molecule has 0 atom stereocenters. The van der Waals surface area contributed by atoms with Crippen molar-refractivity contribution >= 4 is 17.0 Å². The Balaban J connectivity index is 2.22. The summed E-state index contributed by atoms with van der Waals surface area (Å²) in [5, 5.41) is 12.6. The molecule has 4 nitrogen and oxygen atoms in total. The van der Waals surface area contributed by atoms with Gasteiger partial charge in [0.25, 0.3) is 0 Å². The largest absolute Gasteiger partial charge is 0.395 e. The zero-order valence-corrected chi connectivity index (χ0v) is 11.8. The predicted octanol–water partition coefficient (Wildman–Crippen LogP) is 2.94. The number of aromatic nitrogens is 2. The molecular formula is C15H23N3O. The van der Waals surface area contributed by atoms with Crippen LogP contribution in [0.3, 0.4) is 0 Å². The second-order valence-electron chi connectivity index (χ2n) is 4.94. The molecule has 19 heavy (non-hydrogen) atoms. The normalized spacial score (nSPS) is 11.1. The summed E-state index contributed by atoms with van der Waals surface area (Å²) in [5.74, 6) is 0.866. The fraction of sp³-hybridized carbons (Fsp3) is 0.533. The molecule has 1 heterocycles. The van der Waals surface area contributed by atoms with E-state index >= 15 is 0 Å². The summed E-state index contributed by atoms with van der Waals surface area (Å²) in [7, 11) is 0. The Morgan fingerprint density at radius 3 is 2.89 bits per heavy atom. The standard InChI is InChI=1S/C15H23N3O/c1-3-4-5-8-16-15-17-13-11-12(2)6-7-14(13)18(15)9-10-19/h6-7,11,19H,3-5,8-10H2,1-2H3,(H,16,17). The maximum Gasteiger partial charge on any atom is 0.203 e. The molecule has 4 heteroatoms. The van der Waals surface area contributed by atoms with E-state index in [9.17, 15) is 5.11 Å². The molecule has 0 aliphatic rings. The van der Waals surface area contributed by atoms with E-state index in [1.807, 2.05) is 0 Å². The zero-order valence-electron chi connectivity index (χ0n) is 11.8. The summed E-state index contributed by atoms with van der Waals surface area (Å²) in [5.41, 5.74) is 3.28. The van der Waals surface area contributed by atoms with Crippen molar-refractivity contribution in [1.29, 1.82) is 0 Å². The number of nitrogens with zero attached hydrogens (tertiary/aromatic N) is 2. The maximum absolute atomic E-state index is 9.21. The van der Waals surface area contributed by atoms with Gasteiger partial charge in [-0.3, -0.25) is 0 Å². The van der Waals surface area contributed by atoms with Gasteiger partial charge < -0.3 is 15.0 Å². The Morgan fingerprint density at radius 2 is 2.16 bits per heavy atom. The van der Waals surface area contributed by atoms with Gasteiger partial charge >= 0.3 is 0 Å². The van der Waals surface area contributed by atoms with Crippen molar-refractivity contribution in [2.45, 2.75) is 39.7 Å². The van der Waals surface area contributed by atoms with Crippen LogP contribution in [-0.4, -0.2) is 27.8 Å². The number of nitrogens with one attached hydrogen (secondary N) is 1. The highest BCUT2D eigenvalue weighted by atomic mass is 16.3. The molecule has 0 aliphatic heterocycles. The van der Waals surface area contributed by atoms with Gasteiger partial charge in [0.05, 0.1) is 17.6 Å². The van der Waals surface area contributed by atoms with Crippen molar-refractivity contribution in [2.75, 3.05) is 18.5 Å². The Bertz CT molecular complexity index is 533. The van der Waals surface area contributed by atoms with Crippen molar-refractivity contribution in [1.82, 2.24) is 9.55 Å². The SMILES string of the molecule is CCCCCNc1nc2cc(C)ccc2n1CCO. The van der Waals surface area contributed by atoms with E-state index in [4.69, 9.17) is 0 Å². The number of aliphatic hydroxyl groups is 1. The van der Waals surface area contributed by atoms with Crippen LogP contribution in [0, 0.1) is 6.92 Å². The van der Waals surface area contributed by atoms with Gasteiger partial charge in [0.2, 0.25) is 5.95 Å². The zero-order chi connectivity index (χ0) is 13.7. The second-order valence-corrected chi connectivity index (χ2v) is 4.94. The third kappa shape index (κ3) is 3.26. The molecule has 0 unspecified atom stereocenters. The molecule has 2 N–H and O–H groups in total. The first-order valence-electron chi connectivity index (χ1n) is 7.08. The first kappa shape index (κ1) is 13.9. The lowest BCUT2D eigenvalue weighted by atomic mass is 10.2. The molecule has 0 saturated carbocycles. The minimum Gasteiger partial charge on any atom is -0.395 e. The van der Waals surface area contributed by atoms with Crippen molar-refractivity contribution in [2.24, 2.45) is 0 Å². The summed E-state index contributed by atoms with van der Waals surface area (Å²) in [4.78, 5) is 4.63. The molecule has 2 rings (SSSR count). The molecule has 0 bridgehead atoms. The molecule has 0 amide bonds. The minimum absolute atomic E-state index is 0.128. The van der Waals surface area contributed by atoms with E-state index in [1.165, 1.54) is 18.4 Å². The molecule has 1 aromatic heterocycles. The smallest absolute Gasteiger partial charge is 0.203 e. The van der Waals surface area contributed by atoms with Crippen molar-refractivity contribution < 1.29 is 5.11 Å². The van der Waals surface area contributed by atoms with Crippen LogP contribution < -0.4 is 5.32 Å². The van der Waals surface area contributed by atoms with Crippen LogP contribution in [0.25, 0.3) is 11.0 Å². The topological polar surface area (TPSA) is 50.1 Å². The van der Waals surface area contributed by atoms with Gasteiger partial charge in [0.15, 0.2) is 0 Å². The van der Waals surface area contributed by atoms with Crippen molar-refractivity contribution in [3.05, 3.63) is 23.8 Å². The average molecular weight is 261 g/mol. The van der Waals surface area contributed by atoms with Gasteiger partial charge in [0.1, 0.15) is 0 Å². The van der Waals surface area contributed by atoms with E-state index in [-0.39, 0.29) is 6.61 Å². The fourth-order valence-electron chi connectivity index (χ4n) is 2.28. The van der Waals surface area contributed by atoms with E-state index in [0.29, 0.717) is 6.54 Å². The van der Waals surface area contributed by atoms with Crippen molar-refractivity contribution in [3.8, 4) is 0 Å². The lowest BCUT2D eigenvalue weighted by Gasteiger charge is -2.09. The van der Waals surface area contributed by atoms with E-state index < -0.39 is 0 Å². The van der Waals surface area contributed by atoms with Gasteiger partial charge in [-0.1, -0.05) is 25.8 Å². The summed E-state index contributed by atoms with van der Waals surface area (Å²) in [6.45, 7) is 5.91.